The Balaban J connectivity index is 1.22. The quantitative estimate of drug-likeness (QED) is 0.0686. The molecule has 0 fully saturated rings. The van der Waals surface area contributed by atoms with Crippen LogP contribution in [0, 0.1) is 0 Å². The Morgan fingerprint density at radius 2 is 1.42 bits per heavy atom. The van der Waals surface area contributed by atoms with Crippen LogP contribution in [0.5, 0.6) is 0 Å². The van der Waals surface area contributed by atoms with E-state index in [0.717, 1.165) is 32.2 Å². The van der Waals surface area contributed by atoms with Crippen LogP contribution in [0.25, 0.3) is 21.5 Å². The smallest absolute Gasteiger partial charge is 0.264 e. The lowest BCUT2D eigenvalue weighted by Crippen LogP contribution is -2.28. The molecule has 0 saturated heterocycles. The monoisotopic (exact) mass is 835 g/mol. The standard InChI is InChI=1S/C53H58N2O3S2/c1-6-7-15-35-54-45-31-27-38-19-11-13-25-43(38)49(45)52(2,3)47(54)33-29-40-21-18-22-41(51(40)59-42-23-9-8-10-24-42)30-34-48-53(4,5)50-44-26-14-12-20-39(44)28-32-46(50)55(48)36-16-17-37-60(56,57)58/h8-14,19-20,23-34H,6-7,15-18,21-22,35-37H2,1-5H3/p+1. The minimum absolute atomic E-state index is 0.165. The van der Waals surface area contributed by atoms with E-state index in [9.17, 15) is 13.0 Å². The Bertz CT molecular complexity index is 2700. The zero-order valence-electron chi connectivity index (χ0n) is 35.9. The molecule has 2 heterocycles. The third-order valence-electron chi connectivity index (χ3n) is 12.9. The third-order valence-corrected chi connectivity index (χ3v) is 14.9. The number of allylic oxidation sites excluding steroid dienone is 7. The minimum atomic E-state index is -4.02. The molecule has 0 amide bonds. The summed E-state index contributed by atoms with van der Waals surface area (Å²) in [4.78, 5) is 4.96. The molecule has 8 rings (SSSR count). The van der Waals surface area contributed by atoms with Crippen LogP contribution in [0.4, 0.5) is 11.4 Å². The number of fused-ring (bicyclic) bond motifs is 6. The molecular formula is C53H59N2O3S2+. The van der Waals surface area contributed by atoms with E-state index in [2.05, 4.69) is 172 Å². The molecule has 0 radical (unpaired) electrons. The van der Waals surface area contributed by atoms with Gasteiger partial charge in [0.1, 0.15) is 6.54 Å². The van der Waals surface area contributed by atoms with Gasteiger partial charge >= 0.3 is 0 Å². The average molecular weight is 836 g/mol. The molecule has 0 unspecified atom stereocenters. The minimum Gasteiger partial charge on any atom is -0.344 e. The molecule has 0 aromatic heterocycles. The van der Waals surface area contributed by atoms with Crippen molar-refractivity contribution in [2.75, 3.05) is 23.7 Å². The Morgan fingerprint density at radius 1 is 0.733 bits per heavy atom. The highest BCUT2D eigenvalue weighted by Crippen LogP contribution is 2.51. The number of nitrogens with zero attached hydrogens (tertiary/aromatic N) is 2. The molecule has 2 aliphatic heterocycles. The van der Waals surface area contributed by atoms with Crippen molar-refractivity contribution >= 4 is 60.5 Å². The number of hydrogen-bond donors (Lipinski definition) is 1. The SMILES string of the molecule is CCCCC[N+]1=C(C=CC2=C(Sc3ccccc3)C(=CC=C3N(CCCCS(=O)(=O)O)c4ccc5ccccc5c4C3(C)C)CCC2)C(C)(C)c2c1ccc1ccccc21. The summed E-state index contributed by atoms with van der Waals surface area (Å²) in [6.07, 6.45) is 17.3. The van der Waals surface area contributed by atoms with E-state index in [1.165, 1.54) is 89.2 Å². The van der Waals surface area contributed by atoms with Gasteiger partial charge in [0.2, 0.25) is 5.69 Å². The van der Waals surface area contributed by atoms with E-state index in [1.807, 2.05) is 11.8 Å². The van der Waals surface area contributed by atoms with Crippen molar-refractivity contribution in [3.05, 3.63) is 160 Å². The van der Waals surface area contributed by atoms with E-state index in [-0.39, 0.29) is 16.6 Å². The Labute approximate surface area is 362 Å². The van der Waals surface area contributed by atoms with Gasteiger partial charge in [-0.2, -0.15) is 13.0 Å². The van der Waals surface area contributed by atoms with Crippen LogP contribution < -0.4 is 4.90 Å². The Hall–Kier alpha value is -4.69. The fourth-order valence-electron chi connectivity index (χ4n) is 9.94. The van der Waals surface area contributed by atoms with E-state index >= 15 is 0 Å². The van der Waals surface area contributed by atoms with Gasteiger partial charge in [-0.25, -0.2) is 0 Å². The van der Waals surface area contributed by atoms with Crippen LogP contribution in [0.15, 0.2) is 154 Å². The zero-order chi connectivity index (χ0) is 42.1. The van der Waals surface area contributed by atoms with E-state index < -0.39 is 10.1 Å². The first-order chi connectivity index (χ1) is 28.9. The van der Waals surface area contributed by atoms with Crippen LogP contribution in [-0.2, 0) is 20.9 Å². The third kappa shape index (κ3) is 8.33. The van der Waals surface area contributed by atoms with Gasteiger partial charge in [0.15, 0.2) is 5.71 Å². The summed E-state index contributed by atoms with van der Waals surface area (Å²) in [5.41, 5.74) is 10.1. The first-order valence-electron chi connectivity index (χ1n) is 21.9. The molecule has 7 heteroatoms. The van der Waals surface area contributed by atoms with Gasteiger partial charge < -0.3 is 4.90 Å². The maximum absolute atomic E-state index is 11.6. The maximum Gasteiger partial charge on any atom is 0.264 e. The Kier molecular flexibility index (Phi) is 12.2. The summed E-state index contributed by atoms with van der Waals surface area (Å²) in [5.74, 6) is -0.228. The summed E-state index contributed by atoms with van der Waals surface area (Å²) in [7, 11) is -4.02. The van der Waals surface area contributed by atoms with Gasteiger partial charge in [-0.15, -0.1) is 0 Å². The summed E-state index contributed by atoms with van der Waals surface area (Å²) in [6.45, 7) is 13.4. The van der Waals surface area contributed by atoms with Crippen molar-refractivity contribution in [2.45, 2.75) is 102 Å². The van der Waals surface area contributed by atoms with E-state index in [1.54, 1.807) is 0 Å². The first kappa shape index (κ1) is 42.0. The normalized spacial score (nSPS) is 18.8. The number of anilines is 1. The molecule has 5 aromatic carbocycles. The molecule has 5 aromatic rings. The lowest BCUT2D eigenvalue weighted by Gasteiger charge is -2.28. The topological polar surface area (TPSA) is 60.6 Å². The van der Waals surface area contributed by atoms with Crippen molar-refractivity contribution in [2.24, 2.45) is 0 Å². The van der Waals surface area contributed by atoms with Crippen LogP contribution in [0.2, 0.25) is 0 Å². The highest BCUT2D eigenvalue weighted by atomic mass is 32.2. The van der Waals surface area contributed by atoms with E-state index in [0.29, 0.717) is 19.4 Å². The van der Waals surface area contributed by atoms with Crippen LogP contribution in [0.3, 0.4) is 0 Å². The van der Waals surface area contributed by atoms with Gasteiger partial charge in [-0.05, 0) is 121 Å². The molecule has 5 nitrogen and oxygen atoms in total. The zero-order valence-corrected chi connectivity index (χ0v) is 37.5. The molecule has 0 bridgehead atoms. The summed E-state index contributed by atoms with van der Waals surface area (Å²) in [6, 6.07) is 37.3. The number of rotatable bonds is 14. The van der Waals surface area contributed by atoms with Gasteiger partial charge in [0.05, 0.1) is 11.2 Å². The van der Waals surface area contributed by atoms with Crippen molar-refractivity contribution < 1.29 is 17.5 Å². The van der Waals surface area contributed by atoms with Crippen molar-refractivity contribution in [3.8, 4) is 0 Å². The molecule has 0 spiro atoms. The second-order valence-corrected chi connectivity index (χ2v) is 20.4. The molecule has 1 N–H and O–H groups in total. The van der Waals surface area contributed by atoms with E-state index in [4.69, 9.17) is 0 Å². The van der Waals surface area contributed by atoms with Gasteiger partial charge in [0, 0.05) is 57.3 Å². The van der Waals surface area contributed by atoms with Crippen LogP contribution >= 0.6 is 11.8 Å². The number of thioether (sulfide) groups is 1. The first-order valence-corrected chi connectivity index (χ1v) is 24.3. The van der Waals surface area contributed by atoms with Gasteiger partial charge in [-0.1, -0.05) is 124 Å². The fraction of sp³-hybridized carbons (Fsp3) is 0.340. The van der Waals surface area contributed by atoms with Crippen molar-refractivity contribution in [1.29, 1.82) is 0 Å². The lowest BCUT2D eigenvalue weighted by atomic mass is 9.78. The van der Waals surface area contributed by atoms with Crippen molar-refractivity contribution in [1.82, 2.24) is 0 Å². The largest absolute Gasteiger partial charge is 0.344 e. The predicted molar refractivity (Wildman–Crippen MR) is 255 cm³/mol. The lowest BCUT2D eigenvalue weighted by molar-refractivity contribution is -0.438. The second kappa shape index (κ2) is 17.4. The highest BCUT2D eigenvalue weighted by molar-refractivity contribution is 8.03. The molecule has 3 aliphatic rings. The van der Waals surface area contributed by atoms with Gasteiger partial charge in [-0.3, -0.25) is 4.55 Å². The fourth-order valence-corrected chi connectivity index (χ4v) is 11.6. The van der Waals surface area contributed by atoms with Crippen LogP contribution in [-0.4, -0.2) is 42.1 Å². The molecule has 60 heavy (non-hydrogen) atoms. The van der Waals surface area contributed by atoms with Crippen LogP contribution in [0.1, 0.15) is 97.1 Å². The molecular weight excluding hydrogens is 777 g/mol. The molecule has 0 atom stereocenters. The Morgan fingerprint density at radius 3 is 2.13 bits per heavy atom. The number of hydrogen-bond acceptors (Lipinski definition) is 4. The van der Waals surface area contributed by atoms with Gasteiger partial charge in [0.25, 0.3) is 10.1 Å². The average Bonchev–Trinajstić information content (AvgIpc) is 3.59. The maximum atomic E-state index is 11.6. The van der Waals surface area contributed by atoms with Crippen molar-refractivity contribution in [3.63, 3.8) is 0 Å². The summed E-state index contributed by atoms with van der Waals surface area (Å²) < 4.78 is 35.4. The summed E-state index contributed by atoms with van der Waals surface area (Å²) in [5, 5.41) is 5.10. The molecule has 0 saturated carbocycles. The number of benzene rings is 5. The summed E-state index contributed by atoms with van der Waals surface area (Å²) >= 11 is 1.88. The number of unbranched alkanes of at least 4 members (excludes halogenated alkanes) is 3. The predicted octanol–water partition coefficient (Wildman–Crippen LogP) is 13.6. The highest BCUT2D eigenvalue weighted by Gasteiger charge is 2.45. The molecule has 310 valence electrons. The second-order valence-electron chi connectivity index (χ2n) is 17.7. The molecule has 1 aliphatic carbocycles.